The van der Waals surface area contributed by atoms with E-state index in [1.54, 1.807) is 0 Å². The lowest BCUT2D eigenvalue weighted by atomic mass is 10.2. The summed E-state index contributed by atoms with van der Waals surface area (Å²) in [5, 5.41) is 17.0. The van der Waals surface area contributed by atoms with Gasteiger partial charge in [0.1, 0.15) is 0 Å². The van der Waals surface area contributed by atoms with Crippen LogP contribution in [0, 0.1) is 0 Å². The summed E-state index contributed by atoms with van der Waals surface area (Å²) in [6.45, 7) is 1.15. The van der Waals surface area contributed by atoms with E-state index < -0.39 is 11.4 Å². The maximum Gasteiger partial charge on any atom is 0.304 e. The second kappa shape index (κ2) is 13.1. The SMILES string of the molecule is O=S(OCCCCCO)OCCCCCO. The van der Waals surface area contributed by atoms with Crippen LogP contribution >= 0.6 is 0 Å². The molecule has 0 aromatic rings. The molecule has 5 nitrogen and oxygen atoms in total. The molecule has 0 aromatic heterocycles. The highest BCUT2D eigenvalue weighted by atomic mass is 32.2. The van der Waals surface area contributed by atoms with Crippen LogP contribution in [-0.2, 0) is 19.7 Å². The van der Waals surface area contributed by atoms with E-state index in [0.29, 0.717) is 13.2 Å². The van der Waals surface area contributed by atoms with E-state index in [9.17, 15) is 4.21 Å². The first-order valence-corrected chi connectivity index (χ1v) is 6.71. The second-order valence-electron chi connectivity index (χ2n) is 3.42. The van der Waals surface area contributed by atoms with Crippen LogP contribution in [0.2, 0.25) is 0 Å². The molecule has 0 aliphatic carbocycles. The summed E-state index contributed by atoms with van der Waals surface area (Å²) in [5.74, 6) is 0. The van der Waals surface area contributed by atoms with Gasteiger partial charge in [-0.1, -0.05) is 0 Å². The molecule has 0 spiro atoms. The normalized spacial score (nSPS) is 11.2. The molecule has 0 aliphatic heterocycles. The van der Waals surface area contributed by atoms with Gasteiger partial charge in [-0.2, -0.15) is 4.21 Å². The number of hydrogen-bond acceptors (Lipinski definition) is 5. The molecule has 0 heterocycles. The average Bonchev–Trinajstić information content (AvgIpc) is 2.28. The van der Waals surface area contributed by atoms with Gasteiger partial charge in [0.05, 0.1) is 13.2 Å². The Kier molecular flexibility index (Phi) is 13.0. The lowest BCUT2D eigenvalue weighted by molar-refractivity contribution is 0.231. The van der Waals surface area contributed by atoms with Crippen LogP contribution in [-0.4, -0.2) is 40.8 Å². The van der Waals surface area contributed by atoms with Crippen molar-refractivity contribution in [3.63, 3.8) is 0 Å². The minimum atomic E-state index is -1.66. The molecule has 0 amide bonds. The van der Waals surface area contributed by atoms with E-state index in [4.69, 9.17) is 18.6 Å². The van der Waals surface area contributed by atoms with Gasteiger partial charge in [-0.15, -0.1) is 0 Å². The monoisotopic (exact) mass is 254 g/mol. The molecular formula is C10H22O5S. The van der Waals surface area contributed by atoms with Crippen LogP contribution in [0.25, 0.3) is 0 Å². The summed E-state index contributed by atoms with van der Waals surface area (Å²) in [7, 11) is 0. The summed E-state index contributed by atoms with van der Waals surface area (Å²) in [6.07, 6.45) is 4.78. The molecule has 2 N–H and O–H groups in total. The van der Waals surface area contributed by atoms with E-state index >= 15 is 0 Å². The molecule has 98 valence electrons. The van der Waals surface area contributed by atoms with E-state index in [1.807, 2.05) is 0 Å². The molecule has 0 fully saturated rings. The Balaban J connectivity index is 3.12. The van der Waals surface area contributed by atoms with Gasteiger partial charge in [0.2, 0.25) is 0 Å². The van der Waals surface area contributed by atoms with Crippen LogP contribution in [0.5, 0.6) is 0 Å². The van der Waals surface area contributed by atoms with E-state index in [2.05, 4.69) is 0 Å². The smallest absolute Gasteiger partial charge is 0.304 e. The van der Waals surface area contributed by atoms with E-state index in [0.717, 1.165) is 38.5 Å². The van der Waals surface area contributed by atoms with Gasteiger partial charge in [0, 0.05) is 13.2 Å². The van der Waals surface area contributed by atoms with Crippen LogP contribution in [0.3, 0.4) is 0 Å². The van der Waals surface area contributed by atoms with Gasteiger partial charge in [-0.05, 0) is 38.5 Å². The fourth-order valence-corrected chi connectivity index (χ4v) is 1.65. The predicted molar refractivity (Wildman–Crippen MR) is 61.9 cm³/mol. The molecule has 16 heavy (non-hydrogen) atoms. The Bertz CT molecular complexity index is 149. The summed E-state index contributed by atoms with van der Waals surface area (Å²) in [4.78, 5) is 0. The third-order valence-electron chi connectivity index (χ3n) is 1.96. The Morgan fingerprint density at radius 3 is 1.56 bits per heavy atom. The van der Waals surface area contributed by atoms with Gasteiger partial charge >= 0.3 is 11.4 Å². The largest absolute Gasteiger partial charge is 0.396 e. The van der Waals surface area contributed by atoms with Gasteiger partial charge in [-0.25, -0.2) is 0 Å². The fraction of sp³-hybridized carbons (Fsp3) is 1.00. The van der Waals surface area contributed by atoms with E-state index in [-0.39, 0.29) is 13.2 Å². The lowest BCUT2D eigenvalue weighted by Crippen LogP contribution is -2.05. The third kappa shape index (κ3) is 12.1. The minimum Gasteiger partial charge on any atom is -0.396 e. The van der Waals surface area contributed by atoms with Crippen molar-refractivity contribution in [3.8, 4) is 0 Å². The Morgan fingerprint density at radius 2 is 1.19 bits per heavy atom. The molecule has 0 aromatic carbocycles. The average molecular weight is 254 g/mol. The van der Waals surface area contributed by atoms with Gasteiger partial charge in [-0.3, -0.25) is 8.37 Å². The van der Waals surface area contributed by atoms with Crippen molar-refractivity contribution >= 4 is 11.4 Å². The molecule has 6 heteroatoms. The Labute approximate surface area is 99.6 Å². The summed E-state index contributed by atoms with van der Waals surface area (Å²) in [6, 6.07) is 0. The number of aliphatic hydroxyl groups is 2. The second-order valence-corrected chi connectivity index (χ2v) is 4.30. The van der Waals surface area contributed by atoms with Crippen LogP contribution in [0.4, 0.5) is 0 Å². The zero-order valence-electron chi connectivity index (χ0n) is 9.60. The van der Waals surface area contributed by atoms with E-state index in [1.165, 1.54) is 0 Å². The highest BCUT2D eigenvalue weighted by Crippen LogP contribution is 2.00. The Hall–Kier alpha value is -0.0100. The van der Waals surface area contributed by atoms with Crippen molar-refractivity contribution in [3.05, 3.63) is 0 Å². The topological polar surface area (TPSA) is 76.0 Å². The van der Waals surface area contributed by atoms with Crippen molar-refractivity contribution in [1.82, 2.24) is 0 Å². The van der Waals surface area contributed by atoms with Crippen LogP contribution in [0.15, 0.2) is 0 Å². The maximum atomic E-state index is 11.1. The van der Waals surface area contributed by atoms with Crippen LogP contribution in [0.1, 0.15) is 38.5 Å². The first-order chi connectivity index (χ1) is 7.81. The lowest BCUT2D eigenvalue weighted by Gasteiger charge is -2.03. The summed E-state index contributed by atoms with van der Waals surface area (Å²) >= 11 is -1.66. The van der Waals surface area contributed by atoms with Gasteiger partial charge in [0.15, 0.2) is 0 Å². The first kappa shape index (κ1) is 16.0. The molecule has 0 bridgehead atoms. The number of rotatable bonds is 12. The Morgan fingerprint density at radius 1 is 0.750 bits per heavy atom. The molecule has 0 saturated heterocycles. The van der Waals surface area contributed by atoms with Gasteiger partial charge < -0.3 is 10.2 Å². The van der Waals surface area contributed by atoms with Crippen molar-refractivity contribution in [2.24, 2.45) is 0 Å². The van der Waals surface area contributed by atoms with Crippen molar-refractivity contribution in [2.75, 3.05) is 26.4 Å². The highest BCUT2D eigenvalue weighted by molar-refractivity contribution is 7.75. The molecule has 0 aliphatic rings. The fourth-order valence-electron chi connectivity index (χ4n) is 1.07. The van der Waals surface area contributed by atoms with Crippen molar-refractivity contribution < 1.29 is 22.8 Å². The molecule has 0 saturated carbocycles. The summed E-state index contributed by atoms with van der Waals surface area (Å²) < 4.78 is 20.9. The quantitative estimate of drug-likeness (QED) is 0.507. The van der Waals surface area contributed by atoms with Crippen molar-refractivity contribution in [1.29, 1.82) is 0 Å². The zero-order chi connectivity index (χ0) is 12.1. The molecule has 0 unspecified atom stereocenters. The zero-order valence-corrected chi connectivity index (χ0v) is 10.4. The molecule has 0 radical (unpaired) electrons. The highest BCUT2D eigenvalue weighted by Gasteiger charge is 2.00. The number of hydrogen-bond donors (Lipinski definition) is 2. The number of aliphatic hydroxyl groups excluding tert-OH is 2. The third-order valence-corrected chi connectivity index (χ3v) is 2.68. The maximum absolute atomic E-state index is 11.1. The van der Waals surface area contributed by atoms with Crippen molar-refractivity contribution in [2.45, 2.75) is 38.5 Å². The molecular weight excluding hydrogens is 232 g/mol. The predicted octanol–water partition coefficient (Wildman–Crippen LogP) is 0.923. The van der Waals surface area contributed by atoms with Crippen LogP contribution < -0.4 is 0 Å². The molecule has 0 rings (SSSR count). The standard InChI is InChI=1S/C10H22O5S/c11-7-3-1-5-9-14-16(13)15-10-6-2-4-8-12/h11-12H,1-10H2. The minimum absolute atomic E-state index is 0.185. The summed E-state index contributed by atoms with van der Waals surface area (Å²) in [5.41, 5.74) is 0. The molecule has 0 atom stereocenters. The van der Waals surface area contributed by atoms with Gasteiger partial charge in [0.25, 0.3) is 0 Å². The first-order valence-electron chi connectivity index (χ1n) is 5.71. The number of unbranched alkanes of at least 4 members (excludes halogenated alkanes) is 4.